The van der Waals surface area contributed by atoms with Crippen LogP contribution < -0.4 is 21.3 Å². The molecule has 2 aromatic carbocycles. The molecular formula is C22H19BrF2N4O4. The second-order valence-electron chi connectivity index (χ2n) is 7.16. The summed E-state index contributed by atoms with van der Waals surface area (Å²) < 4.78 is 33.5. The number of benzene rings is 2. The normalized spacial score (nSPS) is 11.7. The number of amides is 2. The van der Waals surface area contributed by atoms with Gasteiger partial charge in [-0.2, -0.15) is 0 Å². The lowest BCUT2D eigenvalue weighted by Crippen LogP contribution is -2.42. The van der Waals surface area contributed by atoms with Crippen LogP contribution in [0.3, 0.4) is 0 Å². The molecule has 3 N–H and O–H groups in total. The third kappa shape index (κ3) is 5.43. The van der Waals surface area contributed by atoms with Crippen LogP contribution in [0.5, 0.6) is 5.88 Å². The fourth-order valence-electron chi connectivity index (χ4n) is 2.83. The molecule has 0 bridgehead atoms. The molecule has 0 aliphatic heterocycles. The van der Waals surface area contributed by atoms with Gasteiger partial charge >= 0.3 is 0 Å². The summed E-state index contributed by atoms with van der Waals surface area (Å²) in [4.78, 5) is 40.6. The van der Waals surface area contributed by atoms with Crippen LogP contribution in [-0.2, 0) is 11.4 Å². The van der Waals surface area contributed by atoms with Crippen molar-refractivity contribution in [3.8, 4) is 11.6 Å². The number of nitrogens with zero attached hydrogens (tertiary/aromatic N) is 2. The van der Waals surface area contributed by atoms with Crippen molar-refractivity contribution in [3.63, 3.8) is 0 Å². The number of carbonyl (C=O) groups excluding carboxylic acids is 2. The molecule has 3 aromatic rings. The number of aryl methyl sites for hydroxylation is 1. The number of ether oxygens (including phenoxy) is 1. The van der Waals surface area contributed by atoms with E-state index in [4.69, 9.17) is 10.5 Å². The minimum absolute atomic E-state index is 0.0240. The molecule has 0 aliphatic rings. The first kappa shape index (κ1) is 24.1. The molecule has 1 atom stereocenters. The van der Waals surface area contributed by atoms with Gasteiger partial charge in [-0.15, -0.1) is 0 Å². The van der Waals surface area contributed by atoms with Crippen molar-refractivity contribution in [3.05, 3.63) is 85.9 Å². The minimum Gasteiger partial charge on any atom is -0.472 e. The number of carbonyl (C=O) groups is 2. The van der Waals surface area contributed by atoms with Gasteiger partial charge in [0.05, 0.1) is 5.69 Å². The number of primary amides is 1. The zero-order chi connectivity index (χ0) is 24.3. The molecule has 2 amide bonds. The Morgan fingerprint density at radius 2 is 1.97 bits per heavy atom. The van der Waals surface area contributed by atoms with Crippen LogP contribution in [0.25, 0.3) is 5.69 Å². The molecule has 1 aromatic heterocycles. The second kappa shape index (κ2) is 9.90. The molecule has 0 radical (unpaired) electrons. The van der Waals surface area contributed by atoms with Crippen molar-refractivity contribution in [2.45, 2.75) is 26.5 Å². The van der Waals surface area contributed by atoms with Crippen LogP contribution in [0.1, 0.15) is 28.4 Å². The lowest BCUT2D eigenvalue weighted by molar-refractivity contribution is -0.119. The molecule has 172 valence electrons. The molecule has 33 heavy (non-hydrogen) atoms. The molecule has 0 fully saturated rings. The number of halogens is 3. The Labute approximate surface area is 195 Å². The van der Waals surface area contributed by atoms with Gasteiger partial charge in [-0.25, -0.2) is 13.8 Å². The molecule has 0 saturated heterocycles. The van der Waals surface area contributed by atoms with Crippen LogP contribution in [0.15, 0.2) is 52.0 Å². The zero-order valence-electron chi connectivity index (χ0n) is 17.6. The number of nitrogens with two attached hydrogens (primary N) is 1. The van der Waals surface area contributed by atoms with Gasteiger partial charge in [0.2, 0.25) is 11.8 Å². The van der Waals surface area contributed by atoms with Gasteiger partial charge in [-0.1, -0.05) is 6.07 Å². The Morgan fingerprint density at radius 3 is 2.64 bits per heavy atom. The average molecular weight is 521 g/mol. The highest BCUT2D eigenvalue weighted by Crippen LogP contribution is 2.22. The average Bonchev–Trinajstić information content (AvgIpc) is 2.76. The van der Waals surface area contributed by atoms with Crippen molar-refractivity contribution in [2.24, 2.45) is 5.73 Å². The Bertz CT molecular complexity index is 1300. The highest BCUT2D eigenvalue weighted by atomic mass is 79.9. The Hall–Kier alpha value is -3.60. The maximum Gasteiger partial charge on any atom is 0.276 e. The first-order valence-electron chi connectivity index (χ1n) is 9.63. The molecule has 0 spiro atoms. The van der Waals surface area contributed by atoms with Crippen molar-refractivity contribution < 1.29 is 23.1 Å². The Morgan fingerprint density at radius 1 is 1.24 bits per heavy atom. The summed E-state index contributed by atoms with van der Waals surface area (Å²) >= 11 is 3.15. The predicted octanol–water partition coefficient (Wildman–Crippen LogP) is 2.76. The molecule has 1 heterocycles. The fraction of sp³-hybridized carbons (Fsp3) is 0.182. The number of hydrogen-bond donors (Lipinski definition) is 2. The molecule has 1 unspecified atom stereocenters. The number of hydrogen-bond acceptors (Lipinski definition) is 5. The summed E-state index contributed by atoms with van der Waals surface area (Å²) in [6.45, 7) is 2.93. The third-order valence-corrected chi connectivity index (χ3v) is 5.45. The van der Waals surface area contributed by atoms with E-state index in [2.05, 4.69) is 26.2 Å². The first-order chi connectivity index (χ1) is 15.6. The molecule has 0 aliphatic carbocycles. The standard InChI is InChI=1S/C22H19BrF2N4O4/c1-11-3-4-13(20(31)28-12(2)19(26)30)7-17(11)29-10-27-21(18(23)22(29)32)33-9-14-5-6-15(24)8-16(14)25/h3-8,10,12H,9H2,1-2H3,(H2,26,30)(H,28,31). The van der Waals surface area contributed by atoms with Crippen LogP contribution in [-0.4, -0.2) is 27.4 Å². The summed E-state index contributed by atoms with van der Waals surface area (Å²) in [6, 6.07) is 6.85. The molecule has 8 nitrogen and oxygen atoms in total. The van der Waals surface area contributed by atoms with Gasteiger partial charge in [0.15, 0.2) is 0 Å². The van der Waals surface area contributed by atoms with E-state index >= 15 is 0 Å². The smallest absolute Gasteiger partial charge is 0.276 e. The third-order valence-electron chi connectivity index (χ3n) is 4.77. The molecule has 3 rings (SSSR count). The van der Waals surface area contributed by atoms with E-state index in [0.717, 1.165) is 12.1 Å². The Balaban J connectivity index is 1.88. The predicted molar refractivity (Wildman–Crippen MR) is 119 cm³/mol. The van der Waals surface area contributed by atoms with Crippen LogP contribution in [0, 0.1) is 18.6 Å². The zero-order valence-corrected chi connectivity index (χ0v) is 19.2. The van der Waals surface area contributed by atoms with Crippen molar-refractivity contribution >= 4 is 27.7 Å². The van der Waals surface area contributed by atoms with E-state index in [1.807, 2.05) is 0 Å². The van der Waals surface area contributed by atoms with Crippen molar-refractivity contribution in [1.29, 1.82) is 0 Å². The lowest BCUT2D eigenvalue weighted by Gasteiger charge is -2.14. The van der Waals surface area contributed by atoms with E-state index in [1.165, 1.54) is 30.0 Å². The number of rotatable bonds is 7. The van der Waals surface area contributed by atoms with Crippen molar-refractivity contribution in [1.82, 2.24) is 14.9 Å². The monoisotopic (exact) mass is 520 g/mol. The highest BCUT2D eigenvalue weighted by Gasteiger charge is 2.18. The van der Waals surface area contributed by atoms with Crippen LogP contribution in [0.4, 0.5) is 8.78 Å². The van der Waals surface area contributed by atoms with Gasteiger partial charge in [-0.05, 0) is 59.6 Å². The summed E-state index contributed by atoms with van der Waals surface area (Å²) in [6.07, 6.45) is 1.21. The van der Waals surface area contributed by atoms with E-state index in [1.54, 1.807) is 19.1 Å². The number of aromatic nitrogens is 2. The molecule has 0 saturated carbocycles. The fourth-order valence-corrected chi connectivity index (χ4v) is 3.24. The maximum atomic E-state index is 13.8. The highest BCUT2D eigenvalue weighted by molar-refractivity contribution is 9.10. The summed E-state index contributed by atoms with van der Waals surface area (Å²) in [7, 11) is 0. The largest absolute Gasteiger partial charge is 0.472 e. The number of nitrogens with one attached hydrogen (secondary N) is 1. The van der Waals surface area contributed by atoms with E-state index in [-0.39, 0.29) is 28.1 Å². The quantitative estimate of drug-likeness (QED) is 0.496. The SMILES string of the molecule is Cc1ccc(C(=O)NC(C)C(N)=O)cc1-n1cnc(OCc2ccc(F)cc2F)c(Br)c1=O. The van der Waals surface area contributed by atoms with Gasteiger partial charge < -0.3 is 15.8 Å². The van der Waals surface area contributed by atoms with Gasteiger partial charge in [0, 0.05) is 17.2 Å². The first-order valence-corrected chi connectivity index (χ1v) is 10.4. The summed E-state index contributed by atoms with van der Waals surface area (Å²) in [5.41, 5.74) is 5.99. The molecule has 11 heteroatoms. The van der Waals surface area contributed by atoms with Gasteiger partial charge in [-0.3, -0.25) is 19.0 Å². The van der Waals surface area contributed by atoms with Crippen LogP contribution in [0.2, 0.25) is 0 Å². The summed E-state index contributed by atoms with van der Waals surface area (Å²) in [5.74, 6) is -2.80. The lowest BCUT2D eigenvalue weighted by atomic mass is 10.1. The van der Waals surface area contributed by atoms with Crippen molar-refractivity contribution in [2.75, 3.05) is 0 Å². The van der Waals surface area contributed by atoms with E-state index in [9.17, 15) is 23.2 Å². The second-order valence-corrected chi connectivity index (χ2v) is 7.96. The van der Waals surface area contributed by atoms with Gasteiger partial charge in [0.25, 0.3) is 11.5 Å². The van der Waals surface area contributed by atoms with E-state index in [0.29, 0.717) is 11.3 Å². The topological polar surface area (TPSA) is 116 Å². The maximum absolute atomic E-state index is 13.8. The minimum atomic E-state index is -0.872. The molecular weight excluding hydrogens is 502 g/mol. The summed E-state index contributed by atoms with van der Waals surface area (Å²) in [5, 5.41) is 2.47. The van der Waals surface area contributed by atoms with E-state index < -0.39 is 35.0 Å². The van der Waals surface area contributed by atoms with Crippen LogP contribution >= 0.6 is 15.9 Å². The Kier molecular flexibility index (Phi) is 7.22. The van der Waals surface area contributed by atoms with Gasteiger partial charge in [0.1, 0.15) is 35.1 Å².